The van der Waals surface area contributed by atoms with Gasteiger partial charge in [0.05, 0.1) is 12.2 Å². The molecule has 1 spiro atoms. The minimum Gasteiger partial charge on any atom is -0.374 e. The van der Waals surface area contributed by atoms with Crippen LogP contribution in [0.5, 0.6) is 0 Å². The predicted molar refractivity (Wildman–Crippen MR) is 94.6 cm³/mol. The molecule has 0 aromatic carbocycles. The van der Waals surface area contributed by atoms with Crippen molar-refractivity contribution in [2.24, 2.45) is 28.6 Å². The van der Waals surface area contributed by atoms with Gasteiger partial charge < -0.3 is 9.53 Å². The summed E-state index contributed by atoms with van der Waals surface area (Å²) < 4.78 is 6.37. The van der Waals surface area contributed by atoms with E-state index in [1.165, 1.54) is 0 Å². The molecule has 2 fully saturated rings. The highest BCUT2D eigenvalue weighted by Gasteiger charge is 2.66. The first-order valence-corrected chi connectivity index (χ1v) is 9.59. The van der Waals surface area contributed by atoms with E-state index in [4.69, 9.17) is 4.74 Å². The number of ether oxygens (including phenoxy) is 1. The lowest BCUT2D eigenvalue weighted by Gasteiger charge is -2.56. The molecule has 24 heavy (non-hydrogen) atoms. The Bertz CT molecular complexity index is 549. The van der Waals surface area contributed by atoms with Gasteiger partial charge in [0.1, 0.15) is 12.6 Å². The Labute approximate surface area is 146 Å². The van der Waals surface area contributed by atoms with Crippen molar-refractivity contribution >= 4 is 12.6 Å². The molecule has 3 heteroatoms. The summed E-state index contributed by atoms with van der Waals surface area (Å²) in [6, 6.07) is 0. The van der Waals surface area contributed by atoms with Crippen LogP contribution in [0, 0.1) is 28.6 Å². The smallest absolute Gasteiger partial charge is 0.146 e. The quantitative estimate of drug-likeness (QED) is 0.679. The van der Waals surface area contributed by atoms with Crippen molar-refractivity contribution in [3.8, 4) is 0 Å². The van der Waals surface area contributed by atoms with Crippen molar-refractivity contribution in [2.45, 2.75) is 71.8 Å². The van der Waals surface area contributed by atoms with Crippen molar-refractivity contribution in [2.75, 3.05) is 6.61 Å². The number of fused-ring (bicyclic) bond motifs is 1. The van der Waals surface area contributed by atoms with Crippen molar-refractivity contribution < 1.29 is 14.3 Å². The average molecular weight is 332 g/mol. The number of hydrogen-bond donors (Lipinski definition) is 0. The van der Waals surface area contributed by atoms with Crippen LogP contribution in [0.15, 0.2) is 11.6 Å². The first kappa shape index (κ1) is 17.8. The first-order chi connectivity index (χ1) is 11.3. The van der Waals surface area contributed by atoms with Gasteiger partial charge in [-0.25, -0.2) is 0 Å². The van der Waals surface area contributed by atoms with Crippen LogP contribution in [0.25, 0.3) is 0 Å². The lowest BCUT2D eigenvalue weighted by atomic mass is 9.46. The summed E-state index contributed by atoms with van der Waals surface area (Å²) in [6.07, 6.45) is 10.3. The van der Waals surface area contributed by atoms with Crippen LogP contribution >= 0.6 is 0 Å². The van der Waals surface area contributed by atoms with Gasteiger partial charge in [-0.3, -0.25) is 4.79 Å². The second kappa shape index (κ2) is 6.09. The summed E-state index contributed by atoms with van der Waals surface area (Å²) in [4.78, 5) is 23.2. The zero-order valence-corrected chi connectivity index (χ0v) is 15.6. The van der Waals surface area contributed by atoms with Crippen LogP contribution in [0.3, 0.4) is 0 Å². The first-order valence-electron chi connectivity index (χ1n) is 9.59. The number of allylic oxidation sites excluding steroid dienone is 1. The van der Waals surface area contributed by atoms with Crippen molar-refractivity contribution in [3.05, 3.63) is 11.6 Å². The van der Waals surface area contributed by atoms with Gasteiger partial charge in [0.15, 0.2) is 0 Å². The molecule has 2 bridgehead atoms. The van der Waals surface area contributed by atoms with Gasteiger partial charge in [-0.1, -0.05) is 26.8 Å². The number of carbonyl (C=O) groups excluding carboxylic acids is 2. The predicted octanol–water partition coefficient (Wildman–Crippen LogP) is 4.35. The van der Waals surface area contributed by atoms with Crippen LogP contribution in [-0.4, -0.2) is 24.8 Å². The zero-order chi connectivity index (χ0) is 17.6. The second-order valence-corrected chi connectivity index (χ2v) is 9.14. The van der Waals surface area contributed by atoms with E-state index in [0.717, 1.165) is 56.7 Å². The minimum absolute atomic E-state index is 0.130. The Morgan fingerprint density at radius 2 is 2.08 bits per heavy atom. The van der Waals surface area contributed by atoms with Gasteiger partial charge in [-0.15, -0.1) is 0 Å². The molecule has 1 heterocycles. The fourth-order valence-corrected chi connectivity index (χ4v) is 6.06. The number of hydrogen-bond acceptors (Lipinski definition) is 3. The Morgan fingerprint density at radius 3 is 2.71 bits per heavy atom. The van der Waals surface area contributed by atoms with Crippen molar-refractivity contribution in [1.82, 2.24) is 0 Å². The molecule has 2 aliphatic carbocycles. The molecular weight excluding hydrogens is 300 g/mol. The monoisotopic (exact) mass is 332 g/mol. The fraction of sp³-hybridized carbons (Fsp3) is 0.810. The molecule has 3 aliphatic rings. The lowest BCUT2D eigenvalue weighted by Crippen LogP contribution is -2.55. The molecule has 0 aromatic heterocycles. The summed E-state index contributed by atoms with van der Waals surface area (Å²) >= 11 is 0. The third kappa shape index (κ3) is 2.42. The molecule has 1 saturated heterocycles. The Hall–Kier alpha value is -0.960. The average Bonchev–Trinajstić information content (AvgIpc) is 2.72. The maximum absolute atomic E-state index is 11.9. The SMILES string of the molecule is CC[C@@H](C=O)CC[C@@H]1[C@]23CO[C@]1(C)CC[C@H]2C(C)(C)CC=C3C=O. The molecule has 5 atom stereocenters. The molecule has 134 valence electrons. The van der Waals surface area contributed by atoms with E-state index in [2.05, 4.69) is 33.8 Å². The van der Waals surface area contributed by atoms with Gasteiger partial charge in [0.25, 0.3) is 0 Å². The summed E-state index contributed by atoms with van der Waals surface area (Å²) in [5, 5.41) is 0. The van der Waals surface area contributed by atoms with Crippen LogP contribution < -0.4 is 0 Å². The molecule has 0 N–H and O–H groups in total. The molecule has 0 amide bonds. The summed E-state index contributed by atoms with van der Waals surface area (Å²) in [7, 11) is 0. The molecule has 0 unspecified atom stereocenters. The van der Waals surface area contributed by atoms with Crippen molar-refractivity contribution in [1.29, 1.82) is 0 Å². The van der Waals surface area contributed by atoms with E-state index in [-0.39, 0.29) is 22.3 Å². The standard InChI is InChI=1S/C21H32O3/c1-5-15(12-22)6-7-18-20(4)11-9-17-19(2,3)10-8-16(13-23)21(17,18)14-24-20/h8,12-13,15,17-18H,5-7,9-11,14H2,1-4H3/t15-,17+,18+,20-,21+/m1/s1. The maximum atomic E-state index is 11.9. The van der Waals surface area contributed by atoms with Gasteiger partial charge in [0, 0.05) is 11.3 Å². The number of aldehydes is 2. The highest BCUT2D eigenvalue weighted by molar-refractivity contribution is 5.77. The zero-order valence-electron chi connectivity index (χ0n) is 15.6. The fourth-order valence-electron chi connectivity index (χ4n) is 6.06. The van der Waals surface area contributed by atoms with Crippen molar-refractivity contribution in [3.63, 3.8) is 0 Å². The highest BCUT2D eigenvalue weighted by atomic mass is 16.5. The number of rotatable bonds is 6. The summed E-state index contributed by atoms with van der Waals surface area (Å²) in [6.45, 7) is 9.67. The largest absolute Gasteiger partial charge is 0.374 e. The van der Waals surface area contributed by atoms with Gasteiger partial charge >= 0.3 is 0 Å². The molecular formula is C21H32O3. The van der Waals surface area contributed by atoms with E-state index >= 15 is 0 Å². The molecule has 3 nitrogen and oxygen atoms in total. The van der Waals surface area contributed by atoms with E-state index in [0.29, 0.717) is 18.4 Å². The Kier molecular flexibility index (Phi) is 4.53. The van der Waals surface area contributed by atoms with Gasteiger partial charge in [-0.2, -0.15) is 0 Å². The summed E-state index contributed by atoms with van der Waals surface area (Å²) in [5.41, 5.74) is 0.888. The van der Waals surface area contributed by atoms with Crippen LogP contribution in [-0.2, 0) is 14.3 Å². The topological polar surface area (TPSA) is 43.4 Å². The van der Waals surface area contributed by atoms with Gasteiger partial charge in [-0.05, 0) is 68.3 Å². The van der Waals surface area contributed by atoms with E-state index in [9.17, 15) is 9.59 Å². The maximum Gasteiger partial charge on any atom is 0.146 e. The summed E-state index contributed by atoms with van der Waals surface area (Å²) in [5.74, 6) is 0.964. The molecule has 0 aromatic rings. The molecule has 0 radical (unpaired) electrons. The lowest BCUT2D eigenvalue weighted by molar-refractivity contribution is -0.113. The Morgan fingerprint density at radius 1 is 1.33 bits per heavy atom. The van der Waals surface area contributed by atoms with E-state index < -0.39 is 0 Å². The molecule has 1 aliphatic heterocycles. The van der Waals surface area contributed by atoms with Crippen LogP contribution in [0.1, 0.15) is 66.2 Å². The molecule has 3 rings (SSSR count). The van der Waals surface area contributed by atoms with E-state index in [1.807, 2.05) is 0 Å². The second-order valence-electron chi connectivity index (χ2n) is 9.14. The minimum atomic E-state index is -0.146. The highest BCUT2D eigenvalue weighted by Crippen LogP contribution is 2.67. The number of carbonyl (C=O) groups is 2. The molecule has 1 saturated carbocycles. The third-order valence-electron chi connectivity index (χ3n) is 7.55. The van der Waals surface area contributed by atoms with Crippen LogP contribution in [0.4, 0.5) is 0 Å². The third-order valence-corrected chi connectivity index (χ3v) is 7.55. The van der Waals surface area contributed by atoms with E-state index in [1.54, 1.807) is 0 Å². The Balaban J connectivity index is 1.99. The van der Waals surface area contributed by atoms with Crippen LogP contribution in [0.2, 0.25) is 0 Å². The normalized spacial score (nSPS) is 41.2. The van der Waals surface area contributed by atoms with Gasteiger partial charge in [0.2, 0.25) is 0 Å².